The van der Waals surface area contributed by atoms with Crippen LogP contribution in [0.15, 0.2) is 24.3 Å². The number of hydrogen-bond acceptors (Lipinski definition) is 6. The molecule has 0 aliphatic carbocycles. The van der Waals surface area contributed by atoms with Gasteiger partial charge >= 0.3 is 5.97 Å². The van der Waals surface area contributed by atoms with Gasteiger partial charge in [-0.1, -0.05) is 0 Å². The maximum atomic E-state index is 11.4. The van der Waals surface area contributed by atoms with Crippen LogP contribution < -0.4 is 11.1 Å². The number of esters is 1. The number of nitrogens with one attached hydrogen (secondary N) is 1. The van der Waals surface area contributed by atoms with Crippen molar-refractivity contribution in [3.8, 4) is 0 Å². The lowest BCUT2D eigenvalue weighted by atomic mass is 10.3. The van der Waals surface area contributed by atoms with E-state index in [-0.39, 0.29) is 5.69 Å². The second-order valence-electron chi connectivity index (χ2n) is 3.99. The van der Waals surface area contributed by atoms with Crippen LogP contribution in [0.5, 0.6) is 0 Å². The number of carbonyl (C=O) groups is 1. The number of hydrogen-bond donors (Lipinski definition) is 2. The maximum Gasteiger partial charge on any atom is 0.356 e. The molecule has 2 aromatic rings. The van der Waals surface area contributed by atoms with Crippen molar-refractivity contribution in [3.05, 3.63) is 39.7 Å². The Labute approximate surface area is 115 Å². The smallest absolute Gasteiger partial charge is 0.356 e. The maximum absolute atomic E-state index is 11.4. The molecule has 0 bridgehead atoms. The Morgan fingerprint density at radius 2 is 2.21 bits per heavy atom. The summed E-state index contributed by atoms with van der Waals surface area (Å²) in [5.74, 6) is 0.0176. The van der Waals surface area contributed by atoms with Gasteiger partial charge in [-0.2, -0.15) is 0 Å². The number of nitrogens with two attached hydrogens (primary N) is 1. The lowest BCUT2D eigenvalue weighted by Crippen LogP contribution is -2.09. The molecule has 100 valence electrons. The first kappa shape index (κ1) is 13.4. The monoisotopic (exact) mass is 277 g/mol. The van der Waals surface area contributed by atoms with Crippen molar-refractivity contribution in [1.29, 1.82) is 0 Å². The molecule has 0 saturated heterocycles. The third kappa shape index (κ3) is 3.23. The van der Waals surface area contributed by atoms with Crippen LogP contribution in [-0.2, 0) is 11.3 Å². The number of nitrogens with zero attached hydrogens (tertiary/aromatic N) is 1. The van der Waals surface area contributed by atoms with Crippen molar-refractivity contribution < 1.29 is 9.53 Å². The van der Waals surface area contributed by atoms with Gasteiger partial charge in [-0.3, -0.25) is 0 Å². The highest BCUT2D eigenvalue weighted by atomic mass is 32.1. The highest BCUT2D eigenvalue weighted by Crippen LogP contribution is 2.20. The predicted molar refractivity (Wildman–Crippen MR) is 76.4 cm³/mol. The number of aromatic nitrogens is 1. The van der Waals surface area contributed by atoms with E-state index in [9.17, 15) is 4.79 Å². The highest BCUT2D eigenvalue weighted by Gasteiger charge is 2.10. The normalized spacial score (nSPS) is 10.2. The first-order chi connectivity index (χ1) is 9.10. The molecule has 2 rings (SSSR count). The third-order valence-corrected chi connectivity index (χ3v) is 3.55. The van der Waals surface area contributed by atoms with Crippen LogP contribution in [-0.4, -0.2) is 18.1 Å². The first-order valence-electron chi connectivity index (χ1n) is 5.74. The highest BCUT2D eigenvalue weighted by molar-refractivity contribution is 7.11. The fraction of sp³-hybridized carbons (Fsp3) is 0.231. The minimum absolute atomic E-state index is 0.238. The zero-order valence-corrected chi connectivity index (χ0v) is 11.6. The molecule has 0 aliphatic rings. The van der Waals surface area contributed by atoms with E-state index in [2.05, 4.69) is 28.0 Å². The molecule has 0 aromatic carbocycles. The first-order valence-corrected chi connectivity index (χ1v) is 6.56. The van der Waals surface area contributed by atoms with E-state index in [0.717, 1.165) is 0 Å². The van der Waals surface area contributed by atoms with Crippen molar-refractivity contribution in [2.75, 3.05) is 18.2 Å². The number of methoxy groups -OCH3 is 1. The molecule has 0 unspecified atom stereocenters. The quantitative estimate of drug-likeness (QED) is 0.839. The summed E-state index contributed by atoms with van der Waals surface area (Å²) < 4.78 is 4.63. The van der Waals surface area contributed by atoms with Crippen molar-refractivity contribution in [3.63, 3.8) is 0 Å². The minimum atomic E-state index is -0.477. The van der Waals surface area contributed by atoms with Crippen LogP contribution in [0.1, 0.15) is 20.2 Å². The molecule has 0 saturated carbocycles. The van der Waals surface area contributed by atoms with E-state index in [1.807, 2.05) is 6.07 Å². The number of aryl methyl sites for hydroxylation is 1. The topological polar surface area (TPSA) is 77.2 Å². The molecule has 0 spiro atoms. The second-order valence-corrected chi connectivity index (χ2v) is 5.36. The molecule has 2 aromatic heterocycles. The average Bonchev–Trinajstić information content (AvgIpc) is 2.82. The van der Waals surface area contributed by atoms with E-state index < -0.39 is 5.97 Å². The van der Waals surface area contributed by atoms with Crippen LogP contribution in [0.25, 0.3) is 0 Å². The minimum Gasteiger partial charge on any atom is -0.464 e. The fourth-order valence-corrected chi connectivity index (χ4v) is 2.41. The molecule has 19 heavy (non-hydrogen) atoms. The predicted octanol–water partition coefficient (Wildman–Crippen LogP) is 2.43. The molecule has 0 fully saturated rings. The van der Waals surface area contributed by atoms with E-state index in [4.69, 9.17) is 5.73 Å². The van der Waals surface area contributed by atoms with Crippen molar-refractivity contribution in [1.82, 2.24) is 4.98 Å². The molecular weight excluding hydrogens is 262 g/mol. The Balaban J connectivity index is 2.12. The van der Waals surface area contributed by atoms with Gasteiger partial charge in [0.2, 0.25) is 0 Å². The Bertz CT molecular complexity index is 595. The van der Waals surface area contributed by atoms with Gasteiger partial charge in [-0.05, 0) is 31.2 Å². The van der Waals surface area contributed by atoms with Crippen LogP contribution in [0.4, 0.5) is 11.5 Å². The van der Waals surface area contributed by atoms with Gasteiger partial charge < -0.3 is 15.8 Å². The molecule has 2 heterocycles. The van der Waals surface area contributed by atoms with Crippen molar-refractivity contribution in [2.24, 2.45) is 0 Å². The molecular formula is C13H15N3O2S. The summed E-state index contributed by atoms with van der Waals surface area (Å²) in [6, 6.07) is 7.29. The van der Waals surface area contributed by atoms with Gasteiger partial charge in [-0.15, -0.1) is 11.3 Å². The van der Waals surface area contributed by atoms with Crippen LogP contribution >= 0.6 is 11.3 Å². The third-order valence-electron chi connectivity index (χ3n) is 2.55. The lowest BCUT2D eigenvalue weighted by molar-refractivity contribution is 0.0594. The summed E-state index contributed by atoms with van der Waals surface area (Å²) in [6.07, 6.45) is 0. The summed E-state index contributed by atoms with van der Waals surface area (Å²) >= 11 is 1.71. The zero-order valence-electron chi connectivity index (χ0n) is 10.8. The number of ether oxygens (including phenoxy) is 1. The summed E-state index contributed by atoms with van der Waals surface area (Å²) in [6.45, 7) is 2.68. The Kier molecular flexibility index (Phi) is 4.01. The Hall–Kier alpha value is -2.08. The number of carbonyl (C=O) groups excluding carboxylic acids is 1. The van der Waals surface area contributed by atoms with Crippen molar-refractivity contribution in [2.45, 2.75) is 13.5 Å². The molecule has 0 aliphatic heterocycles. The van der Waals surface area contributed by atoms with E-state index >= 15 is 0 Å². The molecule has 3 N–H and O–H groups in total. The Morgan fingerprint density at radius 3 is 2.84 bits per heavy atom. The van der Waals surface area contributed by atoms with Gasteiger partial charge in [0.25, 0.3) is 0 Å². The second kappa shape index (κ2) is 5.71. The summed E-state index contributed by atoms with van der Waals surface area (Å²) in [7, 11) is 1.32. The molecule has 5 nitrogen and oxygen atoms in total. The lowest BCUT2D eigenvalue weighted by Gasteiger charge is -2.08. The largest absolute Gasteiger partial charge is 0.464 e. The fourth-order valence-electron chi connectivity index (χ4n) is 1.58. The van der Waals surface area contributed by atoms with Crippen LogP contribution in [0.2, 0.25) is 0 Å². The van der Waals surface area contributed by atoms with Gasteiger partial charge in [0.15, 0.2) is 11.5 Å². The average molecular weight is 277 g/mol. The van der Waals surface area contributed by atoms with Gasteiger partial charge in [0.05, 0.1) is 19.3 Å². The summed E-state index contributed by atoms with van der Waals surface area (Å²) in [4.78, 5) is 18.0. The summed E-state index contributed by atoms with van der Waals surface area (Å²) in [5, 5.41) is 3.13. The number of anilines is 2. The molecule has 0 atom stereocenters. The van der Waals surface area contributed by atoms with E-state index in [1.165, 1.54) is 16.9 Å². The number of thiophene rings is 1. The van der Waals surface area contributed by atoms with Crippen LogP contribution in [0.3, 0.4) is 0 Å². The number of pyridine rings is 1. The Morgan fingerprint density at radius 1 is 1.42 bits per heavy atom. The molecule has 0 radical (unpaired) electrons. The molecule has 6 heteroatoms. The van der Waals surface area contributed by atoms with E-state index in [0.29, 0.717) is 18.1 Å². The zero-order chi connectivity index (χ0) is 13.8. The van der Waals surface area contributed by atoms with Crippen LogP contribution in [0, 0.1) is 6.92 Å². The van der Waals surface area contributed by atoms with E-state index in [1.54, 1.807) is 23.5 Å². The number of rotatable bonds is 4. The molecule has 0 amide bonds. The van der Waals surface area contributed by atoms with Gasteiger partial charge in [0, 0.05) is 9.75 Å². The SMILES string of the molecule is COC(=O)c1ccc(N)c(NCc2ccc(C)s2)n1. The van der Waals surface area contributed by atoms with Gasteiger partial charge in [-0.25, -0.2) is 9.78 Å². The standard InChI is InChI=1S/C13H15N3O2S/c1-8-3-4-9(19-8)7-15-12-10(14)5-6-11(16-12)13(17)18-2/h3-6H,7,14H2,1-2H3,(H,15,16). The summed E-state index contributed by atoms with van der Waals surface area (Å²) in [5.41, 5.74) is 6.57. The van der Waals surface area contributed by atoms with Gasteiger partial charge in [0.1, 0.15) is 0 Å². The number of nitrogen functional groups attached to an aromatic ring is 1. The van der Waals surface area contributed by atoms with Crippen molar-refractivity contribution >= 4 is 28.8 Å².